The Morgan fingerprint density at radius 1 is 1.11 bits per heavy atom. The van der Waals surface area contributed by atoms with Gasteiger partial charge in [0, 0.05) is 32.5 Å². The van der Waals surface area contributed by atoms with Crippen LogP contribution in [0.2, 0.25) is 0 Å². The predicted molar refractivity (Wildman–Crippen MR) is 77.3 cm³/mol. The molecule has 112 valence electrons. The van der Waals surface area contributed by atoms with Crippen LogP contribution < -0.4 is 5.32 Å². The summed E-state index contributed by atoms with van der Waals surface area (Å²) in [6.07, 6.45) is 3.39. The van der Waals surface area contributed by atoms with E-state index < -0.39 is 0 Å². The van der Waals surface area contributed by atoms with Gasteiger partial charge in [-0.2, -0.15) is 0 Å². The maximum absolute atomic E-state index is 10.8. The summed E-state index contributed by atoms with van der Waals surface area (Å²) in [5, 5.41) is 3.21. The van der Waals surface area contributed by atoms with E-state index >= 15 is 0 Å². The lowest BCUT2D eigenvalue weighted by Crippen LogP contribution is -2.29. The summed E-state index contributed by atoms with van der Waals surface area (Å²) < 4.78 is 5.74. The first-order chi connectivity index (χ1) is 8.91. The van der Waals surface area contributed by atoms with E-state index in [1.54, 1.807) is 13.8 Å². The number of Topliss-reactive ketones (excluding diaryl/α,β-unsaturated/α-hetero) is 2. The van der Waals surface area contributed by atoms with E-state index in [0.29, 0.717) is 18.8 Å². The molecule has 0 spiro atoms. The molecule has 2 unspecified atom stereocenters. The van der Waals surface area contributed by atoms with Crippen LogP contribution in [-0.4, -0.2) is 37.4 Å². The summed E-state index contributed by atoms with van der Waals surface area (Å²) in [6.45, 7) is 9.64. The first-order valence-corrected chi connectivity index (χ1v) is 7.23. The molecule has 0 bridgehead atoms. The van der Waals surface area contributed by atoms with Crippen LogP contribution in [0.5, 0.6) is 0 Å². The minimum Gasteiger partial charge on any atom is -0.377 e. The third kappa shape index (κ3) is 13.5. The van der Waals surface area contributed by atoms with Gasteiger partial charge in [0.2, 0.25) is 0 Å². The molecule has 0 aromatic heterocycles. The van der Waals surface area contributed by atoms with E-state index in [2.05, 4.69) is 12.2 Å². The Morgan fingerprint density at radius 3 is 2.32 bits per heavy atom. The van der Waals surface area contributed by atoms with E-state index in [1.165, 1.54) is 0 Å². The van der Waals surface area contributed by atoms with Gasteiger partial charge in [0.1, 0.15) is 11.6 Å². The van der Waals surface area contributed by atoms with Crippen molar-refractivity contribution < 1.29 is 14.3 Å². The summed E-state index contributed by atoms with van der Waals surface area (Å²) in [5.41, 5.74) is 0. The molecule has 0 aromatic rings. The second kappa shape index (κ2) is 11.1. The van der Waals surface area contributed by atoms with E-state index in [0.717, 1.165) is 32.5 Å². The van der Waals surface area contributed by atoms with Gasteiger partial charge in [-0.1, -0.05) is 6.92 Å². The Balaban J connectivity index is 3.47. The molecule has 0 amide bonds. The van der Waals surface area contributed by atoms with Crippen LogP contribution >= 0.6 is 0 Å². The van der Waals surface area contributed by atoms with Crippen molar-refractivity contribution in [1.29, 1.82) is 0 Å². The molecular formula is C15H29NO3. The van der Waals surface area contributed by atoms with Crippen molar-refractivity contribution in [3.05, 3.63) is 0 Å². The summed E-state index contributed by atoms with van der Waals surface area (Å²) >= 11 is 0. The number of hydrogen-bond donors (Lipinski definition) is 1. The molecule has 2 atom stereocenters. The highest BCUT2D eigenvalue weighted by Crippen LogP contribution is 2.09. The van der Waals surface area contributed by atoms with Gasteiger partial charge in [-0.25, -0.2) is 0 Å². The van der Waals surface area contributed by atoms with Crippen molar-refractivity contribution in [2.24, 2.45) is 5.92 Å². The van der Waals surface area contributed by atoms with Gasteiger partial charge in [-0.3, -0.25) is 4.79 Å². The number of rotatable bonds is 12. The lowest BCUT2D eigenvalue weighted by molar-refractivity contribution is -0.117. The Kier molecular flexibility index (Phi) is 10.7. The molecule has 0 saturated heterocycles. The smallest absolute Gasteiger partial charge is 0.131 e. The first-order valence-electron chi connectivity index (χ1n) is 7.23. The van der Waals surface area contributed by atoms with Crippen LogP contribution in [0.25, 0.3) is 0 Å². The second-order valence-corrected chi connectivity index (χ2v) is 5.50. The molecule has 4 heteroatoms. The zero-order chi connectivity index (χ0) is 14.7. The van der Waals surface area contributed by atoms with Crippen molar-refractivity contribution >= 4 is 11.6 Å². The van der Waals surface area contributed by atoms with Crippen LogP contribution in [0.1, 0.15) is 53.4 Å². The fourth-order valence-electron chi connectivity index (χ4n) is 1.74. The topological polar surface area (TPSA) is 55.4 Å². The minimum absolute atomic E-state index is 0.155. The molecule has 0 radical (unpaired) electrons. The lowest BCUT2D eigenvalue weighted by Gasteiger charge is -2.17. The Bertz CT molecular complexity index is 266. The maximum Gasteiger partial charge on any atom is 0.131 e. The number of carbonyl (C=O) groups excluding carboxylic acids is 2. The van der Waals surface area contributed by atoms with Crippen LogP contribution in [-0.2, 0) is 14.3 Å². The molecule has 4 nitrogen and oxygen atoms in total. The summed E-state index contributed by atoms with van der Waals surface area (Å²) in [5.74, 6) is 0.954. The summed E-state index contributed by atoms with van der Waals surface area (Å²) in [6, 6.07) is 0. The van der Waals surface area contributed by atoms with Gasteiger partial charge in [0.25, 0.3) is 0 Å². The van der Waals surface area contributed by atoms with Crippen molar-refractivity contribution in [2.75, 3.05) is 19.7 Å². The Morgan fingerprint density at radius 2 is 1.74 bits per heavy atom. The monoisotopic (exact) mass is 271 g/mol. The number of ether oxygens (including phenoxy) is 1. The molecule has 0 fully saturated rings. The fraction of sp³-hybridized carbons (Fsp3) is 0.867. The molecule has 0 aliphatic carbocycles. The molecule has 0 aliphatic rings. The van der Waals surface area contributed by atoms with Crippen LogP contribution in [0.3, 0.4) is 0 Å². The lowest BCUT2D eigenvalue weighted by atomic mass is 10.0. The van der Waals surface area contributed by atoms with Crippen LogP contribution in [0.15, 0.2) is 0 Å². The fourth-order valence-corrected chi connectivity index (χ4v) is 1.74. The van der Waals surface area contributed by atoms with Gasteiger partial charge >= 0.3 is 0 Å². The molecule has 0 heterocycles. The average molecular weight is 271 g/mol. The molecular weight excluding hydrogens is 242 g/mol. The normalized spacial score (nSPS) is 14.1. The van der Waals surface area contributed by atoms with Crippen molar-refractivity contribution in [1.82, 2.24) is 5.32 Å². The second-order valence-electron chi connectivity index (χ2n) is 5.50. The highest BCUT2D eigenvalue weighted by molar-refractivity contribution is 5.75. The van der Waals surface area contributed by atoms with Gasteiger partial charge < -0.3 is 14.8 Å². The Hall–Kier alpha value is -0.740. The highest BCUT2D eigenvalue weighted by atomic mass is 16.5. The minimum atomic E-state index is 0.155. The SMILES string of the molecule is CC(=O)CCCC(C)COC(C)CNCCC(C)=O. The molecule has 1 N–H and O–H groups in total. The zero-order valence-corrected chi connectivity index (χ0v) is 12.8. The van der Waals surface area contributed by atoms with Gasteiger partial charge in [0.05, 0.1) is 6.10 Å². The van der Waals surface area contributed by atoms with E-state index in [-0.39, 0.29) is 17.7 Å². The number of ketones is 2. The first kappa shape index (κ1) is 18.3. The van der Waals surface area contributed by atoms with Crippen LogP contribution in [0.4, 0.5) is 0 Å². The van der Waals surface area contributed by atoms with Crippen LogP contribution in [0, 0.1) is 5.92 Å². The summed E-state index contributed by atoms with van der Waals surface area (Å²) in [4.78, 5) is 21.6. The molecule has 0 aromatic carbocycles. The largest absolute Gasteiger partial charge is 0.377 e. The standard InChI is InChI=1S/C15H29NO3/c1-12(6-5-7-13(2)17)11-19-15(4)10-16-9-8-14(3)18/h12,15-16H,5-11H2,1-4H3. The van der Waals surface area contributed by atoms with Gasteiger partial charge in [-0.05, 0) is 39.5 Å². The molecule has 0 saturated carbocycles. The van der Waals surface area contributed by atoms with Crippen molar-refractivity contribution in [3.63, 3.8) is 0 Å². The molecule has 0 rings (SSSR count). The third-order valence-electron chi connectivity index (χ3n) is 2.98. The Labute approximate surface area is 117 Å². The third-order valence-corrected chi connectivity index (χ3v) is 2.98. The van der Waals surface area contributed by atoms with Gasteiger partial charge in [-0.15, -0.1) is 0 Å². The van der Waals surface area contributed by atoms with Crippen molar-refractivity contribution in [3.8, 4) is 0 Å². The maximum atomic E-state index is 10.8. The zero-order valence-electron chi connectivity index (χ0n) is 12.8. The van der Waals surface area contributed by atoms with Crippen molar-refractivity contribution in [2.45, 2.75) is 59.5 Å². The number of nitrogens with one attached hydrogen (secondary N) is 1. The van der Waals surface area contributed by atoms with Gasteiger partial charge in [0.15, 0.2) is 0 Å². The summed E-state index contributed by atoms with van der Waals surface area (Å²) in [7, 11) is 0. The average Bonchev–Trinajstić information content (AvgIpc) is 2.31. The highest BCUT2D eigenvalue weighted by Gasteiger charge is 2.07. The number of carbonyl (C=O) groups is 2. The molecule has 0 aliphatic heterocycles. The van der Waals surface area contributed by atoms with E-state index in [4.69, 9.17) is 4.74 Å². The molecule has 19 heavy (non-hydrogen) atoms. The van der Waals surface area contributed by atoms with E-state index in [1.807, 2.05) is 6.92 Å². The predicted octanol–water partition coefficient (Wildman–Crippen LogP) is 2.36. The van der Waals surface area contributed by atoms with E-state index in [9.17, 15) is 9.59 Å². The quantitative estimate of drug-likeness (QED) is 0.554. The number of hydrogen-bond acceptors (Lipinski definition) is 4.